The van der Waals surface area contributed by atoms with E-state index in [1.807, 2.05) is 6.07 Å². The number of benzene rings is 2. The second kappa shape index (κ2) is 7.51. The summed E-state index contributed by atoms with van der Waals surface area (Å²) in [5.74, 6) is 1.12. The van der Waals surface area contributed by atoms with Crippen LogP contribution in [0.3, 0.4) is 0 Å². The van der Waals surface area contributed by atoms with Gasteiger partial charge in [-0.15, -0.1) is 0 Å². The van der Waals surface area contributed by atoms with Crippen molar-refractivity contribution in [3.05, 3.63) is 51.5 Å². The third-order valence-electron chi connectivity index (χ3n) is 3.04. The largest absolute Gasteiger partial charge is 0.497 e. The van der Waals surface area contributed by atoms with Crippen molar-refractivity contribution in [2.75, 3.05) is 19.5 Å². The lowest BCUT2D eigenvalue weighted by atomic mass is 10.1. The Morgan fingerprint density at radius 3 is 2.59 bits per heavy atom. The van der Waals surface area contributed by atoms with Crippen molar-refractivity contribution in [3.8, 4) is 11.5 Å². The fraction of sp³-hybridized carbons (Fsp3) is 0.188. The first-order valence-corrected chi connectivity index (χ1v) is 7.66. The van der Waals surface area contributed by atoms with Gasteiger partial charge in [-0.1, -0.05) is 27.5 Å². The van der Waals surface area contributed by atoms with Crippen LogP contribution in [0.1, 0.15) is 5.56 Å². The molecule has 22 heavy (non-hydrogen) atoms. The fourth-order valence-electron chi connectivity index (χ4n) is 1.98. The van der Waals surface area contributed by atoms with E-state index in [9.17, 15) is 4.79 Å². The zero-order chi connectivity index (χ0) is 16.1. The third kappa shape index (κ3) is 4.15. The van der Waals surface area contributed by atoms with Crippen LogP contribution < -0.4 is 14.8 Å². The molecule has 0 spiro atoms. The normalized spacial score (nSPS) is 10.2. The molecular weight excluding hydrogens is 370 g/mol. The summed E-state index contributed by atoms with van der Waals surface area (Å²) in [4.78, 5) is 12.2. The Morgan fingerprint density at radius 1 is 1.18 bits per heavy atom. The number of carbonyl (C=O) groups excluding carboxylic acids is 1. The fourth-order valence-corrected chi connectivity index (χ4v) is 2.70. The molecule has 2 rings (SSSR count). The van der Waals surface area contributed by atoms with E-state index in [1.54, 1.807) is 44.6 Å². The molecule has 0 fully saturated rings. The summed E-state index contributed by atoms with van der Waals surface area (Å²) >= 11 is 9.42. The van der Waals surface area contributed by atoms with Gasteiger partial charge in [0.25, 0.3) is 0 Å². The molecule has 0 aromatic heterocycles. The quantitative estimate of drug-likeness (QED) is 0.836. The lowest BCUT2D eigenvalue weighted by Crippen LogP contribution is -2.15. The predicted octanol–water partition coefficient (Wildman–Crippen LogP) is 4.30. The van der Waals surface area contributed by atoms with Gasteiger partial charge in [0.1, 0.15) is 11.5 Å². The molecular formula is C16H15BrClNO3. The van der Waals surface area contributed by atoms with Crippen molar-refractivity contribution in [1.82, 2.24) is 0 Å². The Kier molecular flexibility index (Phi) is 5.69. The number of nitrogens with one attached hydrogen (secondary N) is 1. The van der Waals surface area contributed by atoms with E-state index in [0.717, 1.165) is 10.0 Å². The zero-order valence-electron chi connectivity index (χ0n) is 12.2. The molecule has 0 saturated carbocycles. The molecule has 0 saturated heterocycles. The van der Waals surface area contributed by atoms with Gasteiger partial charge in [0.15, 0.2) is 0 Å². The minimum absolute atomic E-state index is 0.159. The molecule has 1 N–H and O–H groups in total. The molecule has 6 heteroatoms. The van der Waals surface area contributed by atoms with E-state index >= 15 is 0 Å². The number of halogens is 2. The highest BCUT2D eigenvalue weighted by molar-refractivity contribution is 9.10. The topological polar surface area (TPSA) is 47.6 Å². The van der Waals surface area contributed by atoms with E-state index in [1.165, 1.54) is 0 Å². The highest BCUT2D eigenvalue weighted by atomic mass is 79.9. The summed E-state index contributed by atoms with van der Waals surface area (Å²) in [6, 6.07) is 10.6. The first-order valence-electron chi connectivity index (χ1n) is 6.49. The van der Waals surface area contributed by atoms with Crippen LogP contribution in [0.15, 0.2) is 40.9 Å². The van der Waals surface area contributed by atoms with Crippen LogP contribution in [0.2, 0.25) is 5.02 Å². The average molecular weight is 385 g/mol. The van der Waals surface area contributed by atoms with Crippen molar-refractivity contribution in [2.45, 2.75) is 6.42 Å². The molecule has 0 atom stereocenters. The van der Waals surface area contributed by atoms with Gasteiger partial charge in [0, 0.05) is 10.0 Å². The van der Waals surface area contributed by atoms with Crippen molar-refractivity contribution in [1.29, 1.82) is 0 Å². The van der Waals surface area contributed by atoms with Crippen LogP contribution in [-0.2, 0) is 11.2 Å². The Bertz CT molecular complexity index is 691. The van der Waals surface area contributed by atoms with Gasteiger partial charge >= 0.3 is 0 Å². The number of hydrogen-bond donors (Lipinski definition) is 1. The lowest BCUT2D eigenvalue weighted by Gasteiger charge is -2.11. The van der Waals surface area contributed by atoms with Gasteiger partial charge in [-0.3, -0.25) is 4.79 Å². The summed E-state index contributed by atoms with van der Waals surface area (Å²) in [5.41, 5.74) is 1.31. The van der Waals surface area contributed by atoms with Gasteiger partial charge in [0.2, 0.25) is 5.91 Å². The van der Waals surface area contributed by atoms with Gasteiger partial charge < -0.3 is 14.8 Å². The monoisotopic (exact) mass is 383 g/mol. The van der Waals surface area contributed by atoms with Crippen molar-refractivity contribution >= 4 is 39.1 Å². The van der Waals surface area contributed by atoms with E-state index in [2.05, 4.69) is 21.2 Å². The minimum Gasteiger partial charge on any atom is -0.497 e. The molecule has 0 aliphatic carbocycles. The van der Waals surface area contributed by atoms with E-state index in [4.69, 9.17) is 21.1 Å². The molecule has 0 unspecified atom stereocenters. The first-order chi connectivity index (χ1) is 10.5. The minimum atomic E-state index is -0.184. The van der Waals surface area contributed by atoms with Crippen LogP contribution in [-0.4, -0.2) is 20.1 Å². The molecule has 1 amide bonds. The molecule has 116 valence electrons. The van der Waals surface area contributed by atoms with Crippen molar-refractivity contribution in [2.24, 2.45) is 0 Å². The third-order valence-corrected chi connectivity index (χ3v) is 3.85. The number of anilines is 1. The highest BCUT2D eigenvalue weighted by Crippen LogP contribution is 2.27. The number of methoxy groups -OCH3 is 2. The molecule has 0 bridgehead atoms. The van der Waals surface area contributed by atoms with Crippen LogP contribution in [0.5, 0.6) is 11.5 Å². The van der Waals surface area contributed by atoms with Crippen molar-refractivity contribution in [3.63, 3.8) is 0 Å². The van der Waals surface area contributed by atoms with Gasteiger partial charge in [0.05, 0.1) is 31.4 Å². The van der Waals surface area contributed by atoms with Gasteiger partial charge in [-0.2, -0.15) is 0 Å². The molecule has 2 aromatic carbocycles. The van der Waals surface area contributed by atoms with E-state index < -0.39 is 0 Å². The Labute approximate surface area is 142 Å². The Hall–Kier alpha value is -1.72. The number of ether oxygens (including phenoxy) is 2. The second-order valence-electron chi connectivity index (χ2n) is 4.53. The molecule has 0 aliphatic heterocycles. The summed E-state index contributed by atoms with van der Waals surface area (Å²) in [6.07, 6.45) is 0.159. The Morgan fingerprint density at radius 2 is 1.95 bits per heavy atom. The standard InChI is InChI=1S/C16H15BrClNO3/c1-21-12-4-6-15(22-2)10(7-12)8-16(20)19-14-5-3-11(17)9-13(14)18/h3-7,9H,8H2,1-2H3,(H,19,20). The lowest BCUT2D eigenvalue weighted by molar-refractivity contribution is -0.115. The maximum absolute atomic E-state index is 12.2. The van der Waals surface area contributed by atoms with E-state index in [0.29, 0.717) is 22.2 Å². The number of rotatable bonds is 5. The van der Waals surface area contributed by atoms with Crippen LogP contribution in [0.25, 0.3) is 0 Å². The summed E-state index contributed by atoms with van der Waals surface area (Å²) < 4.78 is 11.3. The molecule has 0 radical (unpaired) electrons. The smallest absolute Gasteiger partial charge is 0.228 e. The average Bonchev–Trinajstić information content (AvgIpc) is 2.50. The van der Waals surface area contributed by atoms with Crippen LogP contribution in [0.4, 0.5) is 5.69 Å². The summed E-state index contributed by atoms with van der Waals surface area (Å²) in [5, 5.41) is 3.26. The number of amides is 1. The second-order valence-corrected chi connectivity index (χ2v) is 5.85. The van der Waals surface area contributed by atoms with E-state index in [-0.39, 0.29) is 12.3 Å². The maximum atomic E-state index is 12.2. The molecule has 2 aromatic rings. The SMILES string of the molecule is COc1ccc(OC)c(CC(=O)Nc2ccc(Br)cc2Cl)c1. The summed E-state index contributed by atoms with van der Waals surface area (Å²) in [7, 11) is 3.14. The van der Waals surface area contributed by atoms with Gasteiger partial charge in [-0.05, 0) is 36.4 Å². The molecule has 0 heterocycles. The number of carbonyl (C=O) groups is 1. The van der Waals surface area contributed by atoms with Crippen LogP contribution in [0, 0.1) is 0 Å². The highest BCUT2D eigenvalue weighted by Gasteiger charge is 2.12. The maximum Gasteiger partial charge on any atom is 0.228 e. The summed E-state index contributed by atoms with van der Waals surface area (Å²) in [6.45, 7) is 0. The molecule has 0 aliphatic rings. The number of hydrogen-bond acceptors (Lipinski definition) is 3. The predicted molar refractivity (Wildman–Crippen MR) is 91.0 cm³/mol. The molecule has 4 nitrogen and oxygen atoms in total. The van der Waals surface area contributed by atoms with Crippen LogP contribution >= 0.6 is 27.5 Å². The van der Waals surface area contributed by atoms with Crippen molar-refractivity contribution < 1.29 is 14.3 Å². The zero-order valence-corrected chi connectivity index (χ0v) is 14.5. The van der Waals surface area contributed by atoms with Gasteiger partial charge in [-0.25, -0.2) is 0 Å². The first kappa shape index (κ1) is 16.6. The Balaban J connectivity index is 2.14.